The molecule has 68 valence electrons. The molecule has 0 aromatic heterocycles. The van der Waals surface area contributed by atoms with Crippen LogP contribution < -0.4 is 0 Å². The number of allylic oxidation sites excluding steroid dienone is 1. The monoisotopic (exact) mass is 174 g/mol. The van der Waals surface area contributed by atoms with Crippen molar-refractivity contribution in [2.75, 3.05) is 0 Å². The minimum absolute atomic E-state index is 0.548. The van der Waals surface area contributed by atoms with E-state index in [1.165, 1.54) is 5.56 Å². The van der Waals surface area contributed by atoms with Crippen molar-refractivity contribution in [1.29, 1.82) is 0 Å². The van der Waals surface area contributed by atoms with Gasteiger partial charge in [-0.15, -0.1) is 6.58 Å². The third-order valence-corrected chi connectivity index (χ3v) is 2.34. The van der Waals surface area contributed by atoms with Gasteiger partial charge in [0, 0.05) is 0 Å². The van der Waals surface area contributed by atoms with Crippen molar-refractivity contribution in [2.45, 2.75) is 19.3 Å². The molecule has 13 heavy (non-hydrogen) atoms. The first-order chi connectivity index (χ1) is 6.12. The minimum atomic E-state index is -0.548. The van der Waals surface area contributed by atoms with E-state index >= 15 is 0 Å². The Morgan fingerprint density at radius 1 is 1.31 bits per heavy atom. The maximum atomic E-state index is 10.9. The number of hydrogen-bond donors (Lipinski definition) is 0. The van der Waals surface area contributed by atoms with Gasteiger partial charge in [-0.25, -0.2) is 0 Å². The van der Waals surface area contributed by atoms with E-state index in [9.17, 15) is 4.79 Å². The van der Waals surface area contributed by atoms with Crippen molar-refractivity contribution in [3.63, 3.8) is 0 Å². The lowest BCUT2D eigenvalue weighted by atomic mass is 9.84. The predicted molar refractivity (Wildman–Crippen MR) is 54.8 cm³/mol. The van der Waals surface area contributed by atoms with Crippen molar-refractivity contribution in [2.24, 2.45) is 0 Å². The summed E-state index contributed by atoms with van der Waals surface area (Å²) in [7, 11) is 0. The smallest absolute Gasteiger partial charge is 0.134 e. The van der Waals surface area contributed by atoms with Crippen LogP contribution in [0.3, 0.4) is 0 Å². The number of benzene rings is 1. The molecule has 0 amide bonds. The Morgan fingerprint density at radius 2 is 1.85 bits per heavy atom. The number of aldehydes is 1. The van der Waals surface area contributed by atoms with E-state index < -0.39 is 5.41 Å². The first-order valence-corrected chi connectivity index (χ1v) is 4.29. The van der Waals surface area contributed by atoms with Crippen LogP contribution >= 0.6 is 0 Å². The highest BCUT2D eigenvalue weighted by Gasteiger charge is 2.21. The highest BCUT2D eigenvalue weighted by Crippen LogP contribution is 2.22. The molecule has 1 heteroatoms. The zero-order valence-electron chi connectivity index (χ0n) is 8.08. The predicted octanol–water partition coefficient (Wildman–Crippen LogP) is 2.64. The van der Waals surface area contributed by atoms with E-state index in [4.69, 9.17) is 0 Å². The van der Waals surface area contributed by atoms with E-state index in [-0.39, 0.29) is 0 Å². The van der Waals surface area contributed by atoms with E-state index in [2.05, 4.69) is 6.58 Å². The average Bonchev–Trinajstić information content (AvgIpc) is 2.18. The van der Waals surface area contributed by atoms with Gasteiger partial charge in [0.1, 0.15) is 6.29 Å². The third kappa shape index (κ3) is 1.86. The summed E-state index contributed by atoms with van der Waals surface area (Å²) >= 11 is 0. The molecule has 0 fully saturated rings. The lowest BCUT2D eigenvalue weighted by Gasteiger charge is -2.18. The zero-order chi connectivity index (χ0) is 9.90. The van der Waals surface area contributed by atoms with Gasteiger partial charge in [-0.05, 0) is 19.4 Å². The highest BCUT2D eigenvalue weighted by molar-refractivity contribution is 5.71. The lowest BCUT2D eigenvalue weighted by molar-refractivity contribution is -0.110. The van der Waals surface area contributed by atoms with Gasteiger partial charge in [0.15, 0.2) is 0 Å². The summed E-state index contributed by atoms with van der Waals surface area (Å²) in [6.07, 6.45) is 2.59. The van der Waals surface area contributed by atoms with Crippen LogP contribution in [0.5, 0.6) is 0 Å². The summed E-state index contributed by atoms with van der Waals surface area (Å²) in [6, 6.07) is 7.93. The van der Waals surface area contributed by atoms with Gasteiger partial charge in [0.2, 0.25) is 0 Å². The molecule has 1 rings (SSSR count). The van der Waals surface area contributed by atoms with E-state index in [0.29, 0.717) is 0 Å². The van der Waals surface area contributed by atoms with Gasteiger partial charge < -0.3 is 4.79 Å². The van der Waals surface area contributed by atoms with Crippen LogP contribution in [0, 0.1) is 6.92 Å². The van der Waals surface area contributed by atoms with Crippen LogP contribution in [-0.2, 0) is 10.2 Å². The largest absolute Gasteiger partial charge is 0.302 e. The summed E-state index contributed by atoms with van der Waals surface area (Å²) in [5, 5.41) is 0. The van der Waals surface area contributed by atoms with E-state index in [1.54, 1.807) is 6.08 Å². The molecule has 0 radical (unpaired) electrons. The second-order valence-electron chi connectivity index (χ2n) is 3.47. The number of carbonyl (C=O) groups excluding carboxylic acids is 1. The fraction of sp³-hybridized carbons (Fsp3) is 0.250. The number of aryl methyl sites for hydroxylation is 1. The lowest BCUT2D eigenvalue weighted by Crippen LogP contribution is -2.19. The van der Waals surface area contributed by atoms with Crippen LogP contribution in [0.15, 0.2) is 36.9 Å². The molecule has 0 saturated heterocycles. The molecule has 1 aromatic rings. The molecule has 0 bridgehead atoms. The number of rotatable bonds is 3. The summed E-state index contributed by atoms with van der Waals surface area (Å²) < 4.78 is 0. The highest BCUT2D eigenvalue weighted by atomic mass is 16.1. The summed E-state index contributed by atoms with van der Waals surface area (Å²) in [6.45, 7) is 7.55. The molecule has 0 heterocycles. The van der Waals surface area contributed by atoms with Crippen LogP contribution in [0.1, 0.15) is 18.1 Å². The molecule has 0 N–H and O–H groups in total. The minimum Gasteiger partial charge on any atom is -0.302 e. The summed E-state index contributed by atoms with van der Waals surface area (Å²) in [4.78, 5) is 10.9. The van der Waals surface area contributed by atoms with Crippen molar-refractivity contribution < 1.29 is 4.79 Å². The number of carbonyl (C=O) groups is 1. The fourth-order valence-corrected chi connectivity index (χ4v) is 1.15. The molecule has 0 spiro atoms. The second-order valence-corrected chi connectivity index (χ2v) is 3.47. The van der Waals surface area contributed by atoms with E-state index in [0.717, 1.165) is 11.8 Å². The molecule has 0 aliphatic rings. The van der Waals surface area contributed by atoms with Gasteiger partial charge >= 0.3 is 0 Å². The Labute approximate surface area is 79.1 Å². The van der Waals surface area contributed by atoms with Gasteiger partial charge in [0.25, 0.3) is 0 Å². The quantitative estimate of drug-likeness (QED) is 0.508. The van der Waals surface area contributed by atoms with Crippen LogP contribution in [0.2, 0.25) is 0 Å². The Kier molecular flexibility index (Phi) is 2.66. The Morgan fingerprint density at radius 3 is 2.23 bits per heavy atom. The van der Waals surface area contributed by atoms with Crippen molar-refractivity contribution in [3.8, 4) is 0 Å². The van der Waals surface area contributed by atoms with Crippen molar-refractivity contribution in [3.05, 3.63) is 48.0 Å². The molecular weight excluding hydrogens is 160 g/mol. The molecule has 1 nitrogen and oxygen atoms in total. The zero-order valence-corrected chi connectivity index (χ0v) is 8.08. The molecule has 1 unspecified atom stereocenters. The molecule has 1 atom stereocenters. The molecule has 1 aromatic carbocycles. The standard InChI is InChI=1S/C12H14O/c1-4-12(3,9-13)11-7-5-10(2)6-8-11/h4-9H,1H2,2-3H3. The van der Waals surface area contributed by atoms with Gasteiger partial charge in [0.05, 0.1) is 5.41 Å². The maximum absolute atomic E-state index is 10.9. The fourth-order valence-electron chi connectivity index (χ4n) is 1.15. The Balaban J connectivity index is 3.13. The molecule has 0 aliphatic carbocycles. The first-order valence-electron chi connectivity index (χ1n) is 4.29. The number of hydrogen-bond acceptors (Lipinski definition) is 1. The Hall–Kier alpha value is -1.37. The molecule has 0 saturated carbocycles. The van der Waals surface area contributed by atoms with Gasteiger partial charge in [-0.2, -0.15) is 0 Å². The van der Waals surface area contributed by atoms with Gasteiger partial charge in [-0.1, -0.05) is 35.9 Å². The van der Waals surface area contributed by atoms with Crippen molar-refractivity contribution >= 4 is 6.29 Å². The van der Waals surface area contributed by atoms with Crippen LogP contribution in [-0.4, -0.2) is 6.29 Å². The maximum Gasteiger partial charge on any atom is 0.134 e. The molecule has 0 aliphatic heterocycles. The average molecular weight is 174 g/mol. The Bertz CT molecular complexity index is 300. The molecular formula is C12H14O. The van der Waals surface area contributed by atoms with Crippen LogP contribution in [0.4, 0.5) is 0 Å². The topological polar surface area (TPSA) is 17.1 Å². The van der Waals surface area contributed by atoms with E-state index in [1.807, 2.05) is 38.1 Å². The summed E-state index contributed by atoms with van der Waals surface area (Å²) in [5.41, 5.74) is 1.64. The normalized spacial score (nSPS) is 14.6. The third-order valence-electron chi connectivity index (χ3n) is 2.34. The van der Waals surface area contributed by atoms with Gasteiger partial charge in [-0.3, -0.25) is 0 Å². The van der Waals surface area contributed by atoms with Crippen molar-refractivity contribution in [1.82, 2.24) is 0 Å². The second kappa shape index (κ2) is 3.56. The van der Waals surface area contributed by atoms with Crippen LogP contribution in [0.25, 0.3) is 0 Å². The SMILES string of the molecule is C=CC(C)(C=O)c1ccc(C)cc1. The summed E-state index contributed by atoms with van der Waals surface area (Å²) in [5.74, 6) is 0. The first kappa shape index (κ1) is 9.72.